The fraction of sp³-hybridized carbons (Fsp3) is 0.537. The van der Waals surface area contributed by atoms with E-state index in [0.717, 1.165) is 6.42 Å². The van der Waals surface area contributed by atoms with Gasteiger partial charge in [0.15, 0.2) is 5.75 Å². The molecule has 302 valence electrons. The number of aliphatic hydroxyl groups excluding tert-OH is 2. The Hall–Kier alpha value is -4.63. The molecular weight excluding hydrogens is 712 g/mol. The van der Waals surface area contributed by atoms with Crippen LogP contribution in [0.25, 0.3) is 10.8 Å². The first-order chi connectivity index (χ1) is 25.8. The van der Waals surface area contributed by atoms with E-state index < -0.39 is 88.8 Å². The minimum atomic E-state index is -2.01. The van der Waals surface area contributed by atoms with Crippen molar-refractivity contribution in [3.05, 3.63) is 52.8 Å². The van der Waals surface area contributed by atoms with E-state index in [1.807, 2.05) is 6.92 Å². The molecule has 7 N–H and O–H groups in total. The predicted octanol–water partition coefficient (Wildman–Crippen LogP) is 5.25. The molecule has 0 saturated carbocycles. The number of methoxy groups -OCH3 is 1. The number of ketones is 1. The van der Waals surface area contributed by atoms with Gasteiger partial charge in [-0.2, -0.15) is 0 Å². The Balaban J connectivity index is 1.95. The number of aromatic hydroxyl groups is 3. The summed E-state index contributed by atoms with van der Waals surface area (Å²) in [5.41, 5.74) is 0.0354. The van der Waals surface area contributed by atoms with Gasteiger partial charge in [0.05, 0.1) is 41.2 Å². The number of allylic oxidation sites excluding steroid dienone is 2. The summed E-state index contributed by atoms with van der Waals surface area (Å²) in [5, 5.41) is 63.2. The fourth-order valence-corrected chi connectivity index (χ4v) is 7.35. The molecule has 9 atom stereocenters. The summed E-state index contributed by atoms with van der Waals surface area (Å²) in [7, 11) is 1.44. The summed E-state index contributed by atoms with van der Waals surface area (Å²) < 4.78 is 23.5. The number of amides is 1. The number of carbonyl (C=O) groups excluding carboxylic acids is 3. The Morgan fingerprint density at radius 3 is 2.25 bits per heavy atom. The second-order valence-corrected chi connectivity index (χ2v) is 14.9. The number of phenolic OH excluding ortho intramolecular Hbond substituents is 3. The lowest BCUT2D eigenvalue weighted by Crippen LogP contribution is -2.46. The number of carbonyl (C=O) groups is 3. The minimum absolute atomic E-state index is 0.0284. The molecule has 1 amide bonds. The van der Waals surface area contributed by atoms with Crippen molar-refractivity contribution >= 4 is 34.1 Å². The highest BCUT2D eigenvalue weighted by atomic mass is 16.7. The number of nitrogens with one attached hydrogen (secondary N) is 2. The molecule has 3 heterocycles. The van der Waals surface area contributed by atoms with Crippen molar-refractivity contribution < 1.29 is 58.9 Å². The molecule has 0 spiro atoms. The van der Waals surface area contributed by atoms with Gasteiger partial charge in [0.25, 0.3) is 11.7 Å². The molecule has 14 nitrogen and oxygen atoms in total. The minimum Gasteiger partial charge on any atom is -0.507 e. The van der Waals surface area contributed by atoms with E-state index in [1.54, 1.807) is 39.8 Å². The van der Waals surface area contributed by atoms with Crippen LogP contribution in [0.3, 0.4) is 0 Å². The lowest BCUT2D eigenvalue weighted by molar-refractivity contribution is -0.160. The number of ether oxygens (including phenoxy) is 4. The normalized spacial score (nSPS) is 29.2. The fourth-order valence-electron chi connectivity index (χ4n) is 7.35. The number of esters is 1. The topological polar surface area (TPSA) is 213 Å². The molecule has 0 aromatic heterocycles. The molecular formula is C41H56N2O12. The van der Waals surface area contributed by atoms with Gasteiger partial charge in [0.2, 0.25) is 0 Å². The third-order valence-electron chi connectivity index (χ3n) is 10.8. The smallest absolute Gasteiger partial charge is 0.312 e. The number of fused-ring (bicyclic) bond motifs is 14. The number of phenols is 3. The Morgan fingerprint density at radius 2 is 1.64 bits per heavy atom. The third-order valence-corrected chi connectivity index (χ3v) is 10.8. The molecule has 0 aliphatic carbocycles. The highest BCUT2D eigenvalue weighted by Gasteiger charge is 2.50. The summed E-state index contributed by atoms with van der Waals surface area (Å²) in [6.45, 7) is 15.0. The first-order valence-corrected chi connectivity index (χ1v) is 18.6. The molecule has 2 aromatic rings. The van der Waals surface area contributed by atoms with Crippen molar-refractivity contribution in [3.8, 4) is 23.0 Å². The molecule has 3 aliphatic heterocycles. The van der Waals surface area contributed by atoms with E-state index in [2.05, 4.69) is 10.6 Å². The van der Waals surface area contributed by atoms with Crippen LogP contribution in [-0.2, 0) is 30.3 Å². The van der Waals surface area contributed by atoms with Gasteiger partial charge < -0.3 is 55.1 Å². The molecule has 55 heavy (non-hydrogen) atoms. The standard InChI is InChI=1S/C41H56N2O12/c1-11-16-42-18-26-31-36(49)29-28(35(26)48)30-38(24(7)34(29)47)55-41(9,39(30)50)53-17-15-27(52-10)21(4)37(54-25(8)44)23(6)33(46)22(5)32(45)19(2)13-12-14-20(3)40(51)43-31/h12-15,17,19,21-23,27,32-33,37,42,45-49H,11,16,18H2,1-10H3,(H,43,51)/t19-,21-,22+,23+,27-,32-,33+,37-,41-/m0/s1. The number of hydrogen-bond donors (Lipinski definition) is 7. The van der Waals surface area contributed by atoms with Gasteiger partial charge in [-0.1, -0.05) is 52.8 Å². The number of rotatable bonds is 6. The van der Waals surface area contributed by atoms with Gasteiger partial charge in [0, 0.05) is 73.3 Å². The maximum Gasteiger partial charge on any atom is 0.312 e. The average Bonchev–Trinajstić information content (AvgIpc) is 3.41. The molecule has 0 radical (unpaired) electrons. The van der Waals surface area contributed by atoms with E-state index in [9.17, 15) is 39.9 Å². The summed E-state index contributed by atoms with van der Waals surface area (Å²) >= 11 is 0. The van der Waals surface area contributed by atoms with Crippen LogP contribution in [-0.4, -0.2) is 87.0 Å². The van der Waals surface area contributed by atoms with Crippen molar-refractivity contribution in [3.63, 3.8) is 0 Å². The average molecular weight is 769 g/mol. The molecule has 5 bridgehead atoms. The van der Waals surface area contributed by atoms with Crippen LogP contribution in [0.5, 0.6) is 23.0 Å². The summed E-state index contributed by atoms with van der Waals surface area (Å²) in [6.07, 6.45) is 4.40. The lowest BCUT2D eigenvalue weighted by Gasteiger charge is -2.38. The maximum atomic E-state index is 14.3. The Labute approximate surface area is 321 Å². The highest BCUT2D eigenvalue weighted by Crippen LogP contribution is 2.55. The van der Waals surface area contributed by atoms with Crippen molar-refractivity contribution in [2.75, 3.05) is 19.0 Å². The van der Waals surface area contributed by atoms with Crippen molar-refractivity contribution in [2.24, 2.45) is 23.7 Å². The molecule has 2 aromatic carbocycles. The lowest BCUT2D eigenvalue weighted by atomic mass is 9.78. The number of benzene rings is 2. The molecule has 0 fully saturated rings. The number of aliphatic hydroxyl groups is 2. The number of Topliss-reactive ketones (excluding diaryl/α,β-unsaturated/α-hetero) is 1. The first-order valence-electron chi connectivity index (χ1n) is 18.6. The van der Waals surface area contributed by atoms with Crippen LogP contribution in [0.2, 0.25) is 0 Å². The zero-order valence-corrected chi connectivity index (χ0v) is 33.2. The second kappa shape index (κ2) is 17.4. The molecule has 5 rings (SSSR count). The molecule has 0 unspecified atom stereocenters. The largest absolute Gasteiger partial charge is 0.507 e. The van der Waals surface area contributed by atoms with Crippen molar-refractivity contribution in [1.29, 1.82) is 0 Å². The van der Waals surface area contributed by atoms with Crippen LogP contribution >= 0.6 is 0 Å². The summed E-state index contributed by atoms with van der Waals surface area (Å²) in [6, 6.07) is 0. The van der Waals surface area contributed by atoms with Crippen LogP contribution in [0.1, 0.15) is 83.3 Å². The van der Waals surface area contributed by atoms with Crippen LogP contribution in [0, 0.1) is 30.6 Å². The van der Waals surface area contributed by atoms with Gasteiger partial charge in [-0.15, -0.1) is 0 Å². The van der Waals surface area contributed by atoms with Gasteiger partial charge in [0.1, 0.15) is 23.4 Å². The summed E-state index contributed by atoms with van der Waals surface area (Å²) in [5.74, 6) is -7.97. The Morgan fingerprint density at radius 1 is 0.964 bits per heavy atom. The Bertz CT molecular complexity index is 1890. The quantitative estimate of drug-likeness (QED) is 0.0867. The Kier molecular flexibility index (Phi) is 13.7. The second-order valence-electron chi connectivity index (χ2n) is 14.9. The first kappa shape index (κ1) is 43.1. The van der Waals surface area contributed by atoms with Crippen molar-refractivity contribution in [2.45, 2.75) is 105 Å². The monoisotopic (exact) mass is 768 g/mol. The molecule has 3 aliphatic rings. The van der Waals surface area contributed by atoms with Gasteiger partial charge in [-0.05, 0) is 32.9 Å². The van der Waals surface area contributed by atoms with Crippen LogP contribution < -0.4 is 15.4 Å². The van der Waals surface area contributed by atoms with E-state index in [4.69, 9.17) is 18.9 Å². The van der Waals surface area contributed by atoms with Gasteiger partial charge in [-0.3, -0.25) is 14.4 Å². The van der Waals surface area contributed by atoms with Crippen LogP contribution in [0.15, 0.2) is 36.1 Å². The van der Waals surface area contributed by atoms with E-state index >= 15 is 0 Å². The van der Waals surface area contributed by atoms with E-state index in [-0.39, 0.29) is 51.0 Å². The third kappa shape index (κ3) is 8.47. The molecule has 0 saturated heterocycles. The zero-order valence-electron chi connectivity index (χ0n) is 33.2. The van der Waals surface area contributed by atoms with Gasteiger partial charge >= 0.3 is 11.8 Å². The van der Waals surface area contributed by atoms with Gasteiger partial charge in [-0.25, -0.2) is 0 Å². The van der Waals surface area contributed by atoms with Crippen molar-refractivity contribution in [1.82, 2.24) is 5.32 Å². The SMILES string of the molecule is CCCNCc1c2c(O)c3c(O)c(C)c4c(c3c1O)C(=O)[C@@](C)(OC=C[C@H](OC)[C@H](C)[C@H](OC(C)=O)[C@H](C)[C@H](O)[C@H](C)[C@@H](O)[C@@H](C)C=CC=C(C)C(=O)N2)O4. The predicted molar refractivity (Wildman–Crippen MR) is 206 cm³/mol. The number of anilines is 1. The van der Waals surface area contributed by atoms with E-state index in [1.165, 1.54) is 53.2 Å². The maximum absolute atomic E-state index is 14.3. The highest BCUT2D eigenvalue weighted by molar-refractivity contribution is 6.22. The van der Waals surface area contributed by atoms with E-state index in [0.29, 0.717) is 6.54 Å². The molecule has 14 heteroatoms. The number of hydrogen-bond acceptors (Lipinski definition) is 13. The summed E-state index contributed by atoms with van der Waals surface area (Å²) in [4.78, 5) is 40.1. The zero-order chi connectivity index (χ0) is 41.1. The van der Waals surface area contributed by atoms with Crippen LogP contribution in [0.4, 0.5) is 5.69 Å².